The van der Waals surface area contributed by atoms with Crippen LogP contribution in [0.2, 0.25) is 0 Å². The van der Waals surface area contributed by atoms with Gasteiger partial charge in [-0.2, -0.15) is 5.10 Å². The maximum absolute atomic E-state index is 12.7. The monoisotopic (exact) mass is 340 g/mol. The predicted octanol–water partition coefficient (Wildman–Crippen LogP) is 2.10. The topological polar surface area (TPSA) is 58.4 Å². The number of amides is 2. The average molecular weight is 340 g/mol. The number of hydrogen-bond donors (Lipinski definition) is 0. The first-order chi connectivity index (χ1) is 11.9. The van der Waals surface area contributed by atoms with Crippen LogP contribution in [0.1, 0.15) is 34.2 Å². The molecule has 1 fully saturated rings. The van der Waals surface area contributed by atoms with Crippen molar-refractivity contribution < 1.29 is 9.59 Å². The Labute approximate surface area is 148 Å². The molecule has 0 unspecified atom stereocenters. The largest absolute Gasteiger partial charge is 0.339 e. The van der Waals surface area contributed by atoms with Crippen molar-refractivity contribution in [3.8, 4) is 5.69 Å². The van der Waals surface area contributed by atoms with Gasteiger partial charge in [-0.1, -0.05) is 6.07 Å². The highest BCUT2D eigenvalue weighted by Gasteiger charge is 2.25. The Morgan fingerprint density at radius 3 is 2.16 bits per heavy atom. The zero-order valence-corrected chi connectivity index (χ0v) is 15.2. The number of aryl methyl sites for hydroxylation is 3. The molecular weight excluding hydrogens is 316 g/mol. The SMILES string of the molecule is CC(=O)N1CCN(C(=O)c2cc(C)n(-c3ccc(C)c(C)c3)n2)CC1. The minimum Gasteiger partial charge on any atom is -0.339 e. The molecule has 132 valence electrons. The van der Waals surface area contributed by atoms with Gasteiger partial charge in [0.1, 0.15) is 0 Å². The summed E-state index contributed by atoms with van der Waals surface area (Å²) in [6.45, 7) is 9.92. The summed E-state index contributed by atoms with van der Waals surface area (Å²) in [5.41, 5.74) is 4.76. The third kappa shape index (κ3) is 3.43. The van der Waals surface area contributed by atoms with Gasteiger partial charge < -0.3 is 9.80 Å². The van der Waals surface area contributed by atoms with Crippen LogP contribution in [-0.2, 0) is 4.79 Å². The second kappa shape index (κ2) is 6.70. The van der Waals surface area contributed by atoms with Gasteiger partial charge in [0, 0.05) is 38.8 Å². The molecule has 0 bridgehead atoms. The molecule has 1 aromatic heterocycles. The summed E-state index contributed by atoms with van der Waals surface area (Å²) in [7, 11) is 0. The lowest BCUT2D eigenvalue weighted by atomic mass is 10.1. The van der Waals surface area contributed by atoms with E-state index in [0.29, 0.717) is 31.9 Å². The molecular formula is C19H24N4O2. The van der Waals surface area contributed by atoms with E-state index >= 15 is 0 Å². The summed E-state index contributed by atoms with van der Waals surface area (Å²) >= 11 is 0. The van der Waals surface area contributed by atoms with Crippen molar-refractivity contribution in [2.45, 2.75) is 27.7 Å². The van der Waals surface area contributed by atoms with Crippen molar-refractivity contribution in [2.24, 2.45) is 0 Å². The number of rotatable bonds is 2. The molecule has 6 heteroatoms. The second-order valence-corrected chi connectivity index (χ2v) is 6.65. The molecule has 3 rings (SSSR count). The molecule has 1 aromatic carbocycles. The molecule has 0 aliphatic carbocycles. The predicted molar refractivity (Wildman–Crippen MR) is 95.9 cm³/mol. The van der Waals surface area contributed by atoms with Crippen molar-refractivity contribution in [3.63, 3.8) is 0 Å². The Morgan fingerprint density at radius 1 is 0.920 bits per heavy atom. The van der Waals surface area contributed by atoms with Gasteiger partial charge in [-0.25, -0.2) is 4.68 Å². The van der Waals surface area contributed by atoms with Crippen LogP contribution in [0.25, 0.3) is 5.69 Å². The quantitative estimate of drug-likeness (QED) is 0.841. The first kappa shape index (κ1) is 17.2. The molecule has 0 N–H and O–H groups in total. The molecule has 2 aromatic rings. The molecule has 1 aliphatic rings. The number of aromatic nitrogens is 2. The fourth-order valence-corrected chi connectivity index (χ4v) is 3.08. The lowest BCUT2D eigenvalue weighted by molar-refractivity contribution is -0.130. The van der Waals surface area contributed by atoms with Gasteiger partial charge in [0.05, 0.1) is 5.69 Å². The van der Waals surface area contributed by atoms with Crippen molar-refractivity contribution in [1.29, 1.82) is 0 Å². The second-order valence-electron chi connectivity index (χ2n) is 6.65. The van der Waals surface area contributed by atoms with Gasteiger partial charge in [0.15, 0.2) is 5.69 Å². The number of nitrogens with zero attached hydrogens (tertiary/aromatic N) is 4. The van der Waals surface area contributed by atoms with Crippen molar-refractivity contribution in [3.05, 3.63) is 46.8 Å². The highest BCUT2D eigenvalue weighted by Crippen LogP contribution is 2.17. The Balaban J connectivity index is 1.79. The zero-order valence-electron chi connectivity index (χ0n) is 15.2. The number of carbonyl (C=O) groups excluding carboxylic acids is 2. The Morgan fingerprint density at radius 2 is 1.56 bits per heavy atom. The molecule has 0 saturated carbocycles. The molecule has 0 atom stereocenters. The first-order valence-electron chi connectivity index (χ1n) is 8.56. The van der Waals surface area contributed by atoms with Gasteiger partial charge in [0.2, 0.25) is 5.91 Å². The lowest BCUT2D eigenvalue weighted by Crippen LogP contribution is -2.50. The van der Waals surface area contributed by atoms with E-state index in [9.17, 15) is 9.59 Å². The highest BCUT2D eigenvalue weighted by molar-refractivity contribution is 5.92. The lowest BCUT2D eigenvalue weighted by Gasteiger charge is -2.33. The van der Waals surface area contributed by atoms with Crippen LogP contribution in [-0.4, -0.2) is 57.6 Å². The van der Waals surface area contributed by atoms with Gasteiger partial charge in [-0.3, -0.25) is 9.59 Å². The summed E-state index contributed by atoms with van der Waals surface area (Å²) in [4.78, 5) is 27.7. The van der Waals surface area contributed by atoms with Gasteiger partial charge >= 0.3 is 0 Å². The summed E-state index contributed by atoms with van der Waals surface area (Å²) in [5, 5.41) is 4.52. The van der Waals surface area contributed by atoms with Crippen molar-refractivity contribution in [1.82, 2.24) is 19.6 Å². The van der Waals surface area contributed by atoms with Gasteiger partial charge in [-0.15, -0.1) is 0 Å². The molecule has 1 saturated heterocycles. The summed E-state index contributed by atoms with van der Waals surface area (Å²) < 4.78 is 1.81. The molecule has 2 amide bonds. The molecule has 2 heterocycles. The number of piperazine rings is 1. The van der Waals surface area contributed by atoms with Crippen LogP contribution in [0, 0.1) is 20.8 Å². The van der Waals surface area contributed by atoms with Gasteiger partial charge in [-0.05, 0) is 50.1 Å². The van der Waals surface area contributed by atoms with E-state index in [0.717, 1.165) is 11.4 Å². The Kier molecular flexibility index (Phi) is 4.61. The number of benzene rings is 1. The third-order valence-corrected chi connectivity index (χ3v) is 4.85. The third-order valence-electron chi connectivity index (χ3n) is 4.85. The number of hydrogen-bond acceptors (Lipinski definition) is 3. The minimum absolute atomic E-state index is 0.0574. The maximum Gasteiger partial charge on any atom is 0.274 e. The van der Waals surface area contributed by atoms with Crippen molar-refractivity contribution in [2.75, 3.05) is 26.2 Å². The Hall–Kier alpha value is -2.63. The van der Waals surface area contributed by atoms with Crippen LogP contribution in [0.3, 0.4) is 0 Å². The zero-order chi connectivity index (χ0) is 18.1. The fourth-order valence-electron chi connectivity index (χ4n) is 3.08. The number of carbonyl (C=O) groups is 2. The molecule has 6 nitrogen and oxygen atoms in total. The van der Waals surface area contributed by atoms with E-state index in [4.69, 9.17) is 0 Å². The standard InChI is InChI=1S/C19H24N4O2/c1-13-5-6-17(11-14(13)2)23-15(3)12-18(20-23)19(25)22-9-7-21(8-10-22)16(4)24/h5-6,11-12H,7-10H2,1-4H3. The van der Waals surface area contributed by atoms with Crippen LogP contribution < -0.4 is 0 Å². The first-order valence-corrected chi connectivity index (χ1v) is 8.56. The van der Waals surface area contributed by atoms with Crippen LogP contribution >= 0.6 is 0 Å². The Bertz CT molecular complexity index is 817. The highest BCUT2D eigenvalue weighted by atomic mass is 16.2. The van der Waals surface area contributed by atoms with Crippen LogP contribution in [0.5, 0.6) is 0 Å². The van der Waals surface area contributed by atoms with Crippen molar-refractivity contribution >= 4 is 11.8 Å². The van der Waals surface area contributed by atoms with E-state index in [1.54, 1.807) is 16.7 Å². The summed E-state index contributed by atoms with van der Waals surface area (Å²) in [5.74, 6) is -0.0177. The van der Waals surface area contributed by atoms with E-state index < -0.39 is 0 Å². The maximum atomic E-state index is 12.7. The van der Waals surface area contributed by atoms with E-state index in [-0.39, 0.29) is 11.8 Å². The van der Waals surface area contributed by atoms with Gasteiger partial charge in [0.25, 0.3) is 5.91 Å². The van der Waals surface area contributed by atoms with E-state index in [2.05, 4.69) is 31.1 Å². The normalized spacial score (nSPS) is 14.7. The average Bonchev–Trinajstić information content (AvgIpc) is 2.98. The van der Waals surface area contributed by atoms with E-state index in [1.807, 2.05) is 23.7 Å². The molecule has 25 heavy (non-hydrogen) atoms. The van der Waals surface area contributed by atoms with E-state index in [1.165, 1.54) is 11.1 Å². The summed E-state index contributed by atoms with van der Waals surface area (Å²) in [6, 6.07) is 7.99. The minimum atomic E-state index is -0.0751. The van der Waals surface area contributed by atoms with Crippen LogP contribution in [0.15, 0.2) is 24.3 Å². The fraction of sp³-hybridized carbons (Fsp3) is 0.421. The summed E-state index contributed by atoms with van der Waals surface area (Å²) in [6.07, 6.45) is 0. The molecule has 0 spiro atoms. The molecule has 0 radical (unpaired) electrons. The smallest absolute Gasteiger partial charge is 0.274 e. The van der Waals surface area contributed by atoms with Crippen LogP contribution in [0.4, 0.5) is 0 Å². The molecule has 1 aliphatic heterocycles.